The predicted molar refractivity (Wildman–Crippen MR) is 155 cm³/mol. The zero-order chi connectivity index (χ0) is 28.2. The van der Waals surface area contributed by atoms with Gasteiger partial charge in [-0.1, -0.05) is 57.0 Å². The van der Waals surface area contributed by atoms with E-state index < -0.39 is 21.5 Å². The molecule has 11 heteroatoms. The van der Waals surface area contributed by atoms with Crippen LogP contribution >= 0.6 is 15.9 Å². The highest BCUT2D eigenvalue weighted by Crippen LogP contribution is 2.28. The largest absolute Gasteiger partial charge is 0.385 e. The molecule has 0 radical (unpaired) electrons. The Hall–Kier alpha value is -3.28. The summed E-state index contributed by atoms with van der Waals surface area (Å²) < 4.78 is 42.8. The third kappa shape index (κ3) is 6.48. The molecule has 0 aliphatic carbocycles. The molecule has 0 bridgehead atoms. The number of hydrogen-bond acceptors (Lipinski definition) is 5. The van der Waals surface area contributed by atoms with Crippen LogP contribution in [0.25, 0.3) is 16.8 Å². The monoisotopic (exact) mass is 615 g/mol. The average molecular weight is 617 g/mol. The van der Waals surface area contributed by atoms with E-state index in [1.165, 1.54) is 21.4 Å². The van der Waals surface area contributed by atoms with Gasteiger partial charge in [-0.05, 0) is 58.2 Å². The predicted octanol–water partition coefficient (Wildman–Crippen LogP) is 5.46. The first-order valence-corrected chi connectivity index (χ1v) is 15.1. The summed E-state index contributed by atoms with van der Waals surface area (Å²) in [6.45, 7) is 4.83. The standard InChI is InChI=1S/C28H31BrFN5O3S/c1-3-5-8-15-32-21-13-14-23(29)25(17-21)35-28(36)34(27(4-2)33-35)18-20-12-11-19(16-24(20)30)22-9-6-7-10-26(22)39(31,37)38/h6-7,9-14,16-17,32H,3-5,8,15,18H2,1-2H3,(H2,31,37,38). The quantitative estimate of drug-likeness (QED) is 0.217. The van der Waals surface area contributed by atoms with Crippen molar-refractivity contribution in [1.82, 2.24) is 14.3 Å². The highest BCUT2D eigenvalue weighted by atomic mass is 79.9. The minimum atomic E-state index is -3.99. The second-order valence-corrected chi connectivity index (χ2v) is 11.6. The molecule has 206 valence electrons. The summed E-state index contributed by atoms with van der Waals surface area (Å²) in [4.78, 5) is 13.4. The maximum atomic E-state index is 15.3. The number of aryl methyl sites for hydroxylation is 1. The van der Waals surface area contributed by atoms with Gasteiger partial charge in [-0.25, -0.2) is 22.7 Å². The van der Waals surface area contributed by atoms with Crippen molar-refractivity contribution < 1.29 is 12.8 Å². The van der Waals surface area contributed by atoms with Crippen LogP contribution in [0.4, 0.5) is 10.1 Å². The lowest BCUT2D eigenvalue weighted by molar-refractivity contribution is 0.590. The van der Waals surface area contributed by atoms with Crippen LogP contribution in [0.2, 0.25) is 0 Å². The van der Waals surface area contributed by atoms with E-state index in [4.69, 9.17) is 5.14 Å². The van der Waals surface area contributed by atoms with Gasteiger partial charge in [-0.15, -0.1) is 5.10 Å². The van der Waals surface area contributed by atoms with Gasteiger partial charge in [0.15, 0.2) is 0 Å². The molecule has 4 aromatic rings. The van der Waals surface area contributed by atoms with Crippen LogP contribution in [0, 0.1) is 5.82 Å². The molecule has 4 rings (SSSR count). The summed E-state index contributed by atoms with van der Waals surface area (Å²) in [5.74, 6) is -0.0610. The van der Waals surface area contributed by atoms with Gasteiger partial charge in [-0.3, -0.25) is 4.57 Å². The molecule has 1 aromatic heterocycles. The smallest absolute Gasteiger partial charge is 0.351 e. The van der Waals surface area contributed by atoms with Gasteiger partial charge in [0.1, 0.15) is 11.6 Å². The van der Waals surface area contributed by atoms with Crippen molar-refractivity contribution in [3.8, 4) is 16.8 Å². The Morgan fingerprint density at radius 3 is 2.51 bits per heavy atom. The van der Waals surface area contributed by atoms with Gasteiger partial charge in [0.2, 0.25) is 10.0 Å². The van der Waals surface area contributed by atoms with E-state index in [1.54, 1.807) is 30.3 Å². The van der Waals surface area contributed by atoms with Crippen LogP contribution in [0.3, 0.4) is 0 Å². The molecule has 0 saturated carbocycles. The average Bonchev–Trinajstić information content (AvgIpc) is 3.23. The van der Waals surface area contributed by atoms with E-state index in [0.717, 1.165) is 31.5 Å². The fraction of sp³-hybridized carbons (Fsp3) is 0.286. The number of unbranched alkanes of at least 4 members (excludes halogenated alkanes) is 2. The third-order valence-corrected chi connectivity index (χ3v) is 8.06. The Balaban J connectivity index is 1.66. The first-order chi connectivity index (χ1) is 18.6. The highest BCUT2D eigenvalue weighted by molar-refractivity contribution is 9.10. The number of benzene rings is 3. The highest BCUT2D eigenvalue weighted by Gasteiger charge is 2.19. The summed E-state index contributed by atoms with van der Waals surface area (Å²) in [5, 5.41) is 13.3. The summed E-state index contributed by atoms with van der Waals surface area (Å²) in [7, 11) is -3.99. The number of halogens is 2. The number of anilines is 1. The zero-order valence-electron chi connectivity index (χ0n) is 21.8. The van der Waals surface area contributed by atoms with Crippen LogP contribution in [0.1, 0.15) is 44.5 Å². The van der Waals surface area contributed by atoms with Crippen LogP contribution in [-0.2, 0) is 23.0 Å². The first kappa shape index (κ1) is 28.7. The summed E-state index contributed by atoms with van der Waals surface area (Å²) in [6.07, 6.45) is 3.78. The molecule has 0 amide bonds. The number of nitrogens with one attached hydrogen (secondary N) is 1. The Morgan fingerprint density at radius 2 is 1.82 bits per heavy atom. The zero-order valence-corrected chi connectivity index (χ0v) is 24.2. The van der Waals surface area contributed by atoms with Crippen molar-refractivity contribution in [3.63, 3.8) is 0 Å². The molecular formula is C28H31BrFN5O3S. The van der Waals surface area contributed by atoms with Gasteiger partial charge < -0.3 is 5.32 Å². The van der Waals surface area contributed by atoms with Crippen LogP contribution in [-0.4, -0.2) is 29.3 Å². The van der Waals surface area contributed by atoms with Gasteiger partial charge in [0, 0.05) is 34.3 Å². The maximum absolute atomic E-state index is 15.3. The van der Waals surface area contributed by atoms with Gasteiger partial charge in [0.25, 0.3) is 0 Å². The third-order valence-electron chi connectivity index (χ3n) is 6.43. The Bertz CT molecular complexity index is 1650. The number of hydrogen-bond donors (Lipinski definition) is 2. The molecule has 1 heterocycles. The molecule has 3 aromatic carbocycles. The van der Waals surface area contributed by atoms with E-state index in [1.807, 2.05) is 25.1 Å². The first-order valence-electron chi connectivity index (χ1n) is 12.8. The molecule has 39 heavy (non-hydrogen) atoms. The van der Waals surface area contributed by atoms with Crippen molar-refractivity contribution in [3.05, 3.63) is 92.8 Å². The second kappa shape index (κ2) is 12.3. The van der Waals surface area contributed by atoms with Crippen LogP contribution in [0.5, 0.6) is 0 Å². The second-order valence-electron chi connectivity index (χ2n) is 9.20. The maximum Gasteiger partial charge on any atom is 0.351 e. The molecule has 0 spiro atoms. The molecule has 0 saturated heterocycles. The normalized spacial score (nSPS) is 11.6. The molecule has 0 fully saturated rings. The minimum Gasteiger partial charge on any atom is -0.385 e. The molecule has 0 aliphatic rings. The lowest BCUT2D eigenvalue weighted by Gasteiger charge is -2.11. The summed E-state index contributed by atoms with van der Waals surface area (Å²) in [6, 6.07) is 16.3. The van der Waals surface area contributed by atoms with E-state index in [0.29, 0.717) is 33.5 Å². The number of sulfonamides is 1. The fourth-order valence-corrected chi connectivity index (χ4v) is 5.55. The summed E-state index contributed by atoms with van der Waals surface area (Å²) >= 11 is 3.53. The van der Waals surface area contributed by atoms with Gasteiger partial charge in [0.05, 0.1) is 17.1 Å². The van der Waals surface area contributed by atoms with Crippen molar-refractivity contribution in [2.24, 2.45) is 5.14 Å². The van der Waals surface area contributed by atoms with E-state index in [2.05, 4.69) is 33.3 Å². The topological polar surface area (TPSA) is 112 Å². The lowest BCUT2D eigenvalue weighted by Crippen LogP contribution is -2.25. The molecule has 0 aliphatic heterocycles. The SMILES string of the molecule is CCCCCNc1ccc(Br)c(-n2nc(CC)n(Cc3ccc(-c4ccccc4S(N)(=O)=O)cc3F)c2=O)c1. The molecular weight excluding hydrogens is 585 g/mol. The molecule has 0 unspecified atom stereocenters. The number of aromatic nitrogens is 3. The Kier molecular flexibility index (Phi) is 9.04. The molecule has 0 atom stereocenters. The van der Waals surface area contributed by atoms with E-state index in [-0.39, 0.29) is 17.0 Å². The van der Waals surface area contributed by atoms with E-state index in [9.17, 15) is 13.2 Å². The number of nitrogens with two attached hydrogens (primary N) is 1. The Labute approximate surface area is 235 Å². The number of nitrogens with zero attached hydrogens (tertiary/aromatic N) is 3. The van der Waals surface area contributed by atoms with Crippen LogP contribution < -0.4 is 16.1 Å². The fourth-order valence-electron chi connectivity index (χ4n) is 4.37. The Morgan fingerprint density at radius 1 is 1.05 bits per heavy atom. The number of rotatable bonds is 11. The van der Waals surface area contributed by atoms with Crippen molar-refractivity contribution in [1.29, 1.82) is 0 Å². The van der Waals surface area contributed by atoms with Gasteiger partial charge in [-0.2, -0.15) is 4.68 Å². The lowest BCUT2D eigenvalue weighted by atomic mass is 10.0. The molecule has 8 nitrogen and oxygen atoms in total. The summed E-state index contributed by atoms with van der Waals surface area (Å²) in [5.41, 5.74) is 2.02. The minimum absolute atomic E-state index is 0.0302. The van der Waals surface area contributed by atoms with Gasteiger partial charge >= 0.3 is 5.69 Å². The number of primary sulfonamides is 1. The van der Waals surface area contributed by atoms with Crippen molar-refractivity contribution in [2.45, 2.75) is 51.0 Å². The van der Waals surface area contributed by atoms with Crippen molar-refractivity contribution >= 4 is 31.6 Å². The molecule has 3 N–H and O–H groups in total. The van der Waals surface area contributed by atoms with Crippen LogP contribution in [0.15, 0.2) is 74.8 Å². The van der Waals surface area contributed by atoms with E-state index >= 15 is 4.39 Å². The van der Waals surface area contributed by atoms with Crippen molar-refractivity contribution in [2.75, 3.05) is 11.9 Å².